The average Bonchev–Trinajstić information content (AvgIpc) is 2.92. The number of rotatable bonds is 9. The molecule has 1 aromatic heterocycles. The predicted octanol–water partition coefficient (Wildman–Crippen LogP) is 2.04. The summed E-state index contributed by atoms with van der Waals surface area (Å²) in [7, 11) is 3.50. The van der Waals surface area contributed by atoms with E-state index in [0.29, 0.717) is 19.7 Å². The smallest absolute Gasteiger partial charge is 0.256 e. The first-order valence-corrected chi connectivity index (χ1v) is 8.60. The summed E-state index contributed by atoms with van der Waals surface area (Å²) in [5, 5.41) is 0. The largest absolute Gasteiger partial charge is 0.383 e. The second kappa shape index (κ2) is 9.91. The zero-order valence-electron chi connectivity index (χ0n) is 14.5. The van der Waals surface area contributed by atoms with Gasteiger partial charge in [-0.2, -0.15) is 0 Å². The molecule has 0 unspecified atom stereocenters. The first-order valence-electron chi connectivity index (χ1n) is 7.73. The number of alkyl halides is 2. The van der Waals surface area contributed by atoms with Crippen LogP contribution in [0.2, 0.25) is 0 Å². The third-order valence-electron chi connectivity index (χ3n) is 3.72. The maximum absolute atomic E-state index is 12.7. The van der Waals surface area contributed by atoms with Gasteiger partial charge in [0.15, 0.2) is 4.84 Å². The molecule has 6 nitrogen and oxygen atoms in total. The lowest BCUT2D eigenvalue weighted by molar-refractivity contribution is -0.141. The molecule has 0 fully saturated rings. The Balaban J connectivity index is 2.85. The van der Waals surface area contributed by atoms with E-state index in [-0.39, 0.29) is 18.5 Å². The molecule has 0 radical (unpaired) electrons. The van der Waals surface area contributed by atoms with E-state index in [2.05, 4.69) is 0 Å². The highest BCUT2D eigenvalue weighted by Gasteiger charge is 2.27. The summed E-state index contributed by atoms with van der Waals surface area (Å²) in [6, 6.07) is 3.69. The van der Waals surface area contributed by atoms with Crippen LogP contribution in [-0.2, 0) is 27.9 Å². The summed E-state index contributed by atoms with van der Waals surface area (Å²) >= 11 is 11.4. The highest BCUT2D eigenvalue weighted by Crippen LogP contribution is 2.12. The van der Waals surface area contributed by atoms with Gasteiger partial charge in [-0.15, -0.1) is 0 Å². The Morgan fingerprint density at radius 1 is 1.33 bits per heavy atom. The van der Waals surface area contributed by atoms with Crippen LogP contribution in [-0.4, -0.2) is 63.9 Å². The monoisotopic (exact) mass is 377 g/mol. The van der Waals surface area contributed by atoms with E-state index in [4.69, 9.17) is 27.9 Å². The minimum absolute atomic E-state index is 0.0689. The minimum atomic E-state index is -1.18. The number of carbonyl (C=O) groups is 2. The second-order valence-electron chi connectivity index (χ2n) is 5.78. The van der Waals surface area contributed by atoms with Gasteiger partial charge in [-0.1, -0.05) is 23.2 Å². The first kappa shape index (κ1) is 20.8. The van der Waals surface area contributed by atoms with E-state index in [0.717, 1.165) is 5.69 Å². The van der Waals surface area contributed by atoms with Crippen LogP contribution >= 0.6 is 23.2 Å². The van der Waals surface area contributed by atoms with E-state index >= 15 is 0 Å². The number of aryl methyl sites for hydroxylation is 1. The standard InChI is InChI=1S/C16H25Cl2N3O3/c1-12(2)21(16(23)15(17)18)11-14(22)20(8-9-24-4)10-13-6-5-7-19(13)3/h5-7,12,15H,8-11H2,1-4H3. The van der Waals surface area contributed by atoms with E-state index in [9.17, 15) is 9.59 Å². The van der Waals surface area contributed by atoms with Crippen molar-refractivity contribution < 1.29 is 14.3 Å². The average molecular weight is 378 g/mol. The lowest BCUT2D eigenvalue weighted by Crippen LogP contribution is -2.48. The van der Waals surface area contributed by atoms with Gasteiger partial charge in [-0.3, -0.25) is 9.59 Å². The molecular weight excluding hydrogens is 353 g/mol. The molecule has 0 spiro atoms. The van der Waals surface area contributed by atoms with Crippen LogP contribution in [0.3, 0.4) is 0 Å². The van der Waals surface area contributed by atoms with Crippen LogP contribution in [0.5, 0.6) is 0 Å². The number of nitrogens with zero attached hydrogens (tertiary/aromatic N) is 3. The van der Waals surface area contributed by atoms with E-state index in [1.807, 2.05) is 43.8 Å². The Kier molecular flexibility index (Phi) is 8.59. The fourth-order valence-corrected chi connectivity index (χ4v) is 2.49. The Morgan fingerprint density at radius 3 is 2.46 bits per heavy atom. The molecule has 0 N–H and O–H groups in total. The number of hydrogen-bond acceptors (Lipinski definition) is 3. The molecule has 1 aromatic rings. The number of aromatic nitrogens is 1. The number of hydrogen-bond donors (Lipinski definition) is 0. The third-order valence-corrected chi connectivity index (χ3v) is 4.09. The summed E-state index contributed by atoms with van der Waals surface area (Å²) < 4.78 is 7.04. The van der Waals surface area contributed by atoms with Crippen LogP contribution in [0.25, 0.3) is 0 Å². The Bertz CT molecular complexity index is 546. The quantitative estimate of drug-likeness (QED) is 0.618. The van der Waals surface area contributed by atoms with Crippen LogP contribution in [0, 0.1) is 0 Å². The van der Waals surface area contributed by atoms with Crippen LogP contribution in [0.15, 0.2) is 18.3 Å². The van der Waals surface area contributed by atoms with Crippen molar-refractivity contribution >= 4 is 35.0 Å². The Hall–Kier alpha value is -1.24. The van der Waals surface area contributed by atoms with Crippen molar-refractivity contribution in [3.05, 3.63) is 24.0 Å². The maximum atomic E-state index is 12.7. The summed E-state index contributed by atoms with van der Waals surface area (Å²) in [6.07, 6.45) is 1.92. The summed E-state index contributed by atoms with van der Waals surface area (Å²) in [6.45, 7) is 4.86. The number of halogens is 2. The minimum Gasteiger partial charge on any atom is -0.383 e. The highest BCUT2D eigenvalue weighted by atomic mass is 35.5. The van der Waals surface area contributed by atoms with E-state index in [1.54, 1.807) is 12.0 Å². The van der Waals surface area contributed by atoms with Crippen molar-refractivity contribution in [1.29, 1.82) is 0 Å². The molecule has 0 bridgehead atoms. The molecule has 0 aliphatic rings. The third kappa shape index (κ3) is 6.00. The molecule has 0 saturated carbocycles. The molecule has 0 aliphatic carbocycles. The highest BCUT2D eigenvalue weighted by molar-refractivity contribution is 6.53. The van der Waals surface area contributed by atoms with Crippen molar-refractivity contribution in [2.45, 2.75) is 31.3 Å². The topological polar surface area (TPSA) is 54.8 Å². The fraction of sp³-hybridized carbons (Fsp3) is 0.625. The summed E-state index contributed by atoms with van der Waals surface area (Å²) in [5.74, 6) is -0.642. The number of amides is 2. The van der Waals surface area contributed by atoms with Gasteiger partial charge in [-0.05, 0) is 26.0 Å². The van der Waals surface area contributed by atoms with Gasteiger partial charge < -0.3 is 19.1 Å². The van der Waals surface area contributed by atoms with Crippen molar-refractivity contribution in [2.75, 3.05) is 26.8 Å². The second-order valence-corrected chi connectivity index (χ2v) is 6.88. The van der Waals surface area contributed by atoms with Crippen molar-refractivity contribution in [2.24, 2.45) is 7.05 Å². The van der Waals surface area contributed by atoms with Crippen LogP contribution in [0.4, 0.5) is 0 Å². The molecule has 0 aliphatic heterocycles. The molecular formula is C16H25Cl2N3O3. The normalized spacial score (nSPS) is 11.2. The van der Waals surface area contributed by atoms with E-state index in [1.165, 1.54) is 4.90 Å². The Morgan fingerprint density at radius 2 is 2.00 bits per heavy atom. The maximum Gasteiger partial charge on any atom is 0.256 e. The molecule has 0 aromatic carbocycles. The van der Waals surface area contributed by atoms with Crippen LogP contribution in [0.1, 0.15) is 19.5 Å². The predicted molar refractivity (Wildman–Crippen MR) is 95.0 cm³/mol. The van der Waals surface area contributed by atoms with Crippen molar-refractivity contribution in [1.82, 2.24) is 14.4 Å². The van der Waals surface area contributed by atoms with Gasteiger partial charge in [0.25, 0.3) is 5.91 Å². The summed E-state index contributed by atoms with van der Waals surface area (Å²) in [4.78, 5) is 26.7. The van der Waals surface area contributed by atoms with Gasteiger partial charge in [-0.25, -0.2) is 0 Å². The fourth-order valence-electron chi connectivity index (χ4n) is 2.24. The van der Waals surface area contributed by atoms with Gasteiger partial charge in [0.05, 0.1) is 13.2 Å². The van der Waals surface area contributed by atoms with Gasteiger partial charge in [0.2, 0.25) is 5.91 Å². The first-order chi connectivity index (χ1) is 11.3. The van der Waals surface area contributed by atoms with Crippen LogP contribution < -0.4 is 0 Å². The van der Waals surface area contributed by atoms with Crippen molar-refractivity contribution in [3.63, 3.8) is 0 Å². The number of methoxy groups -OCH3 is 1. The lowest BCUT2D eigenvalue weighted by Gasteiger charge is -2.30. The molecule has 0 atom stereocenters. The summed E-state index contributed by atoms with van der Waals surface area (Å²) in [5.41, 5.74) is 0.995. The Labute approximate surface area is 153 Å². The van der Waals surface area contributed by atoms with Gasteiger partial charge in [0.1, 0.15) is 6.54 Å². The zero-order chi connectivity index (χ0) is 18.3. The van der Waals surface area contributed by atoms with Gasteiger partial charge >= 0.3 is 0 Å². The van der Waals surface area contributed by atoms with E-state index < -0.39 is 10.7 Å². The number of ether oxygens (including phenoxy) is 1. The zero-order valence-corrected chi connectivity index (χ0v) is 16.0. The lowest BCUT2D eigenvalue weighted by atomic mass is 10.3. The molecule has 8 heteroatoms. The molecule has 1 rings (SSSR count). The SMILES string of the molecule is COCCN(Cc1cccn1C)C(=O)CN(C(=O)C(Cl)Cl)C(C)C. The number of carbonyl (C=O) groups excluding carboxylic acids is 2. The molecule has 24 heavy (non-hydrogen) atoms. The van der Waals surface area contributed by atoms with Crippen molar-refractivity contribution in [3.8, 4) is 0 Å². The molecule has 136 valence electrons. The molecule has 2 amide bonds. The molecule has 0 saturated heterocycles. The molecule has 1 heterocycles. The van der Waals surface area contributed by atoms with Gasteiger partial charge in [0, 0.05) is 38.6 Å².